The van der Waals surface area contributed by atoms with E-state index in [4.69, 9.17) is 4.74 Å². The highest BCUT2D eigenvalue weighted by molar-refractivity contribution is 7.89. The molecule has 2 fully saturated rings. The molecule has 3 rings (SSSR count). The van der Waals surface area contributed by atoms with E-state index in [1.165, 1.54) is 16.4 Å². The minimum Gasteiger partial charge on any atom is -0.380 e. The molecule has 0 saturated carbocycles. The van der Waals surface area contributed by atoms with Gasteiger partial charge in [-0.15, -0.1) is 0 Å². The summed E-state index contributed by atoms with van der Waals surface area (Å²) in [6.45, 7) is 2.39. The standard InChI is InChI=1S/C15H21FN2O3S/c16-13-4-1-3-12(9-13)15-10-17-6-7-18(15)22(19,20)14-5-2-8-21-11-14/h1,3-4,9,14-15,17H,2,5-8,10-11H2. The summed E-state index contributed by atoms with van der Waals surface area (Å²) in [5.74, 6) is -0.346. The number of benzene rings is 1. The summed E-state index contributed by atoms with van der Waals surface area (Å²) >= 11 is 0. The van der Waals surface area contributed by atoms with Crippen LogP contribution in [-0.2, 0) is 14.8 Å². The van der Waals surface area contributed by atoms with Gasteiger partial charge in [0.25, 0.3) is 0 Å². The molecule has 2 aliphatic heterocycles. The second-order valence-corrected chi connectivity index (χ2v) is 7.94. The zero-order valence-corrected chi connectivity index (χ0v) is 13.2. The zero-order chi connectivity index (χ0) is 15.6. The Morgan fingerprint density at radius 3 is 2.95 bits per heavy atom. The fraction of sp³-hybridized carbons (Fsp3) is 0.600. The largest absolute Gasteiger partial charge is 0.380 e. The summed E-state index contributed by atoms with van der Waals surface area (Å²) in [6.07, 6.45) is 1.39. The molecule has 0 aromatic heterocycles. The van der Waals surface area contributed by atoms with Crippen molar-refractivity contribution >= 4 is 10.0 Å². The molecule has 0 bridgehead atoms. The predicted octanol–water partition coefficient (Wildman–Crippen LogP) is 1.28. The highest BCUT2D eigenvalue weighted by Gasteiger charge is 2.39. The second-order valence-electron chi connectivity index (χ2n) is 5.77. The summed E-state index contributed by atoms with van der Waals surface area (Å²) in [7, 11) is -3.45. The molecule has 0 radical (unpaired) electrons. The molecular weight excluding hydrogens is 307 g/mol. The van der Waals surface area contributed by atoms with Gasteiger partial charge in [0, 0.05) is 26.2 Å². The molecule has 0 spiro atoms. The topological polar surface area (TPSA) is 58.6 Å². The van der Waals surface area contributed by atoms with Gasteiger partial charge in [0.1, 0.15) is 5.82 Å². The third-order valence-corrected chi connectivity index (χ3v) is 6.60. The predicted molar refractivity (Wildman–Crippen MR) is 81.5 cm³/mol. The number of nitrogens with zero attached hydrogens (tertiary/aromatic N) is 1. The normalized spacial score (nSPS) is 27.7. The van der Waals surface area contributed by atoms with Crippen LogP contribution in [0.25, 0.3) is 0 Å². The lowest BCUT2D eigenvalue weighted by Crippen LogP contribution is -2.52. The first-order valence-corrected chi connectivity index (χ1v) is 9.14. The van der Waals surface area contributed by atoms with Crippen molar-refractivity contribution in [2.75, 3.05) is 32.8 Å². The van der Waals surface area contributed by atoms with E-state index < -0.39 is 15.3 Å². The maximum atomic E-state index is 13.5. The summed E-state index contributed by atoms with van der Waals surface area (Å²) in [6, 6.07) is 5.82. The molecule has 2 unspecified atom stereocenters. The molecule has 2 heterocycles. The average Bonchev–Trinajstić information content (AvgIpc) is 2.56. The number of sulfonamides is 1. The van der Waals surface area contributed by atoms with E-state index in [1.54, 1.807) is 12.1 Å². The van der Waals surface area contributed by atoms with Gasteiger partial charge in [0.15, 0.2) is 0 Å². The number of hydrogen-bond acceptors (Lipinski definition) is 4. The van der Waals surface area contributed by atoms with E-state index in [1.807, 2.05) is 0 Å². The Morgan fingerprint density at radius 1 is 1.36 bits per heavy atom. The summed E-state index contributed by atoms with van der Waals surface area (Å²) in [5, 5.41) is 2.71. The van der Waals surface area contributed by atoms with Crippen molar-refractivity contribution in [3.63, 3.8) is 0 Å². The van der Waals surface area contributed by atoms with Crippen molar-refractivity contribution in [1.82, 2.24) is 9.62 Å². The van der Waals surface area contributed by atoms with Gasteiger partial charge in [-0.2, -0.15) is 4.31 Å². The lowest BCUT2D eigenvalue weighted by molar-refractivity contribution is 0.0963. The van der Waals surface area contributed by atoms with Crippen LogP contribution in [0.1, 0.15) is 24.4 Å². The first kappa shape index (κ1) is 15.9. The van der Waals surface area contributed by atoms with Crippen molar-refractivity contribution in [2.45, 2.75) is 24.1 Å². The smallest absolute Gasteiger partial charge is 0.219 e. The van der Waals surface area contributed by atoms with Gasteiger partial charge in [0.05, 0.1) is 17.9 Å². The fourth-order valence-electron chi connectivity index (χ4n) is 3.13. The van der Waals surface area contributed by atoms with E-state index in [0.717, 1.165) is 6.42 Å². The monoisotopic (exact) mass is 328 g/mol. The molecule has 5 nitrogen and oxygen atoms in total. The summed E-state index contributed by atoms with van der Waals surface area (Å²) in [4.78, 5) is 0. The number of hydrogen-bond donors (Lipinski definition) is 1. The minimum atomic E-state index is -3.45. The van der Waals surface area contributed by atoms with Crippen LogP contribution in [-0.4, -0.2) is 50.8 Å². The average molecular weight is 328 g/mol. The van der Waals surface area contributed by atoms with Crippen LogP contribution in [0, 0.1) is 5.82 Å². The number of halogens is 1. The molecule has 0 amide bonds. The maximum Gasteiger partial charge on any atom is 0.219 e. The van der Waals surface area contributed by atoms with E-state index in [0.29, 0.717) is 38.2 Å². The highest BCUT2D eigenvalue weighted by Crippen LogP contribution is 2.29. The number of nitrogens with one attached hydrogen (secondary N) is 1. The summed E-state index contributed by atoms with van der Waals surface area (Å²) in [5.41, 5.74) is 0.688. The molecule has 22 heavy (non-hydrogen) atoms. The van der Waals surface area contributed by atoms with Gasteiger partial charge in [-0.3, -0.25) is 0 Å². The van der Waals surface area contributed by atoms with Crippen molar-refractivity contribution in [1.29, 1.82) is 0 Å². The van der Waals surface area contributed by atoms with Crippen LogP contribution < -0.4 is 5.32 Å². The Labute approximate surface area is 130 Å². The molecule has 2 aliphatic rings. The SMILES string of the molecule is O=S(=O)(C1CCCOC1)N1CCNCC1c1cccc(F)c1. The highest BCUT2D eigenvalue weighted by atomic mass is 32.2. The van der Waals surface area contributed by atoms with Crippen LogP contribution in [0.4, 0.5) is 4.39 Å². The third kappa shape index (κ3) is 3.17. The molecule has 1 aromatic carbocycles. The van der Waals surface area contributed by atoms with Crippen molar-refractivity contribution < 1.29 is 17.5 Å². The Hall–Kier alpha value is -1.02. The number of ether oxygens (including phenoxy) is 1. The van der Waals surface area contributed by atoms with Crippen molar-refractivity contribution in [2.24, 2.45) is 0 Å². The Bertz CT molecular complexity index is 617. The Kier molecular flexibility index (Phi) is 4.77. The molecule has 1 N–H and O–H groups in total. The van der Waals surface area contributed by atoms with Crippen LogP contribution in [0.15, 0.2) is 24.3 Å². The Morgan fingerprint density at radius 2 is 2.23 bits per heavy atom. The molecule has 1 aromatic rings. The van der Waals surface area contributed by atoms with E-state index in [2.05, 4.69) is 5.32 Å². The lowest BCUT2D eigenvalue weighted by atomic mass is 10.1. The number of rotatable bonds is 3. The maximum absolute atomic E-state index is 13.5. The van der Waals surface area contributed by atoms with Crippen molar-refractivity contribution in [3.05, 3.63) is 35.6 Å². The summed E-state index contributed by atoms with van der Waals surface area (Å²) < 4.78 is 46.2. The molecule has 2 saturated heterocycles. The Balaban J connectivity index is 1.88. The van der Waals surface area contributed by atoms with Crippen LogP contribution in [0.5, 0.6) is 0 Å². The molecule has 2 atom stereocenters. The van der Waals surface area contributed by atoms with Gasteiger partial charge in [-0.1, -0.05) is 12.1 Å². The number of piperazine rings is 1. The van der Waals surface area contributed by atoms with Gasteiger partial charge in [-0.05, 0) is 30.5 Å². The lowest BCUT2D eigenvalue weighted by Gasteiger charge is -2.38. The minimum absolute atomic E-state index is 0.252. The van der Waals surface area contributed by atoms with E-state index in [9.17, 15) is 12.8 Å². The third-order valence-electron chi connectivity index (χ3n) is 4.29. The quantitative estimate of drug-likeness (QED) is 0.908. The first-order chi connectivity index (χ1) is 10.6. The van der Waals surface area contributed by atoms with Crippen LogP contribution >= 0.6 is 0 Å². The van der Waals surface area contributed by atoms with E-state index in [-0.39, 0.29) is 18.5 Å². The fourth-order valence-corrected chi connectivity index (χ4v) is 5.14. The zero-order valence-electron chi connectivity index (χ0n) is 12.4. The molecule has 0 aliphatic carbocycles. The van der Waals surface area contributed by atoms with E-state index >= 15 is 0 Å². The van der Waals surface area contributed by atoms with Crippen molar-refractivity contribution in [3.8, 4) is 0 Å². The molecule has 7 heteroatoms. The second kappa shape index (κ2) is 6.62. The van der Waals surface area contributed by atoms with Gasteiger partial charge < -0.3 is 10.1 Å². The molecule has 122 valence electrons. The van der Waals surface area contributed by atoms with Gasteiger partial charge in [0.2, 0.25) is 10.0 Å². The molecular formula is C15H21FN2O3S. The van der Waals surface area contributed by atoms with Crippen LogP contribution in [0.3, 0.4) is 0 Å². The first-order valence-electron chi connectivity index (χ1n) is 7.63. The van der Waals surface area contributed by atoms with Gasteiger partial charge >= 0.3 is 0 Å². The van der Waals surface area contributed by atoms with Gasteiger partial charge in [-0.25, -0.2) is 12.8 Å². The van der Waals surface area contributed by atoms with Crippen LogP contribution in [0.2, 0.25) is 0 Å².